The van der Waals surface area contributed by atoms with Crippen LogP contribution in [-0.4, -0.2) is 10.2 Å². The summed E-state index contributed by atoms with van der Waals surface area (Å²) in [4.78, 5) is 0. The molecule has 1 heterocycles. The lowest BCUT2D eigenvalue weighted by Crippen LogP contribution is -2.04. The van der Waals surface area contributed by atoms with Crippen molar-refractivity contribution in [3.8, 4) is 6.07 Å². The molecule has 17 heavy (non-hydrogen) atoms. The Morgan fingerprint density at radius 1 is 1.53 bits per heavy atom. The maximum Gasteiger partial charge on any atom is 0.101 e. The number of hydrogen-bond acceptors (Lipinski definition) is 4. The Hall–Kier alpha value is -2.48. The minimum Gasteiger partial charge on any atom is -0.396 e. The lowest BCUT2D eigenvalue weighted by molar-refractivity contribution is 1.04. The molecule has 0 saturated heterocycles. The highest BCUT2D eigenvalue weighted by Gasteiger charge is 2.05. The minimum atomic E-state index is 0.483. The first-order valence-corrected chi connectivity index (χ1v) is 5.23. The molecule has 0 aliphatic heterocycles. The van der Waals surface area contributed by atoms with E-state index in [0.717, 1.165) is 16.9 Å². The summed E-state index contributed by atoms with van der Waals surface area (Å²) in [6, 6.07) is 7.41. The summed E-state index contributed by atoms with van der Waals surface area (Å²) in [7, 11) is 0. The summed E-state index contributed by atoms with van der Waals surface area (Å²) in [6.45, 7) is 2.58. The smallest absolute Gasteiger partial charge is 0.101 e. The van der Waals surface area contributed by atoms with E-state index in [1.165, 1.54) is 0 Å². The van der Waals surface area contributed by atoms with Crippen LogP contribution in [0.3, 0.4) is 0 Å². The average molecular weight is 227 g/mol. The zero-order valence-corrected chi connectivity index (χ0v) is 9.49. The molecule has 0 saturated carbocycles. The number of nitrogen functional groups attached to an aromatic ring is 1. The fraction of sp³-hybridized carbons (Fsp3) is 0.167. The monoisotopic (exact) mass is 227 g/mol. The highest BCUT2D eigenvalue weighted by atomic mass is 15.1. The Bertz CT molecular complexity index is 565. The molecule has 1 aromatic carbocycles. The zero-order chi connectivity index (χ0) is 12.3. The maximum absolute atomic E-state index is 8.87. The van der Waals surface area contributed by atoms with Crippen molar-refractivity contribution < 1.29 is 0 Å². The van der Waals surface area contributed by atoms with Gasteiger partial charge in [-0.2, -0.15) is 10.4 Å². The molecule has 5 heteroatoms. The highest BCUT2D eigenvalue weighted by Crippen LogP contribution is 2.22. The van der Waals surface area contributed by atoms with E-state index in [1.54, 1.807) is 18.3 Å². The largest absolute Gasteiger partial charge is 0.396 e. The number of aromatic amines is 1. The Kier molecular flexibility index (Phi) is 2.97. The van der Waals surface area contributed by atoms with E-state index in [2.05, 4.69) is 21.6 Å². The van der Waals surface area contributed by atoms with Gasteiger partial charge in [-0.15, -0.1) is 0 Å². The van der Waals surface area contributed by atoms with Crippen LogP contribution in [0.2, 0.25) is 0 Å². The van der Waals surface area contributed by atoms with E-state index in [4.69, 9.17) is 11.0 Å². The number of anilines is 2. The molecule has 2 rings (SSSR count). The second kappa shape index (κ2) is 4.58. The Balaban J connectivity index is 2.15. The van der Waals surface area contributed by atoms with E-state index < -0.39 is 0 Å². The third-order valence-corrected chi connectivity index (χ3v) is 2.63. The summed E-state index contributed by atoms with van der Waals surface area (Å²) in [5.74, 6) is 0. The summed E-state index contributed by atoms with van der Waals surface area (Å²) >= 11 is 0. The van der Waals surface area contributed by atoms with Crippen molar-refractivity contribution >= 4 is 11.4 Å². The zero-order valence-electron chi connectivity index (χ0n) is 9.49. The van der Waals surface area contributed by atoms with Crippen LogP contribution in [0.25, 0.3) is 0 Å². The van der Waals surface area contributed by atoms with Gasteiger partial charge in [0.15, 0.2) is 0 Å². The first kappa shape index (κ1) is 11.0. The Labute approximate surface area is 99.3 Å². The number of nitrogens with two attached hydrogens (primary N) is 1. The molecule has 2 aromatic rings. The van der Waals surface area contributed by atoms with Gasteiger partial charge in [0.1, 0.15) is 6.07 Å². The second-order valence-electron chi connectivity index (χ2n) is 3.75. The predicted molar refractivity (Wildman–Crippen MR) is 66.2 cm³/mol. The van der Waals surface area contributed by atoms with Gasteiger partial charge in [-0.25, -0.2) is 0 Å². The molecule has 4 N–H and O–H groups in total. The molecule has 0 fully saturated rings. The molecule has 0 unspecified atom stereocenters. The van der Waals surface area contributed by atoms with Crippen LogP contribution in [-0.2, 0) is 6.54 Å². The fourth-order valence-corrected chi connectivity index (χ4v) is 1.56. The lowest BCUT2D eigenvalue weighted by Gasteiger charge is -2.09. The first-order valence-electron chi connectivity index (χ1n) is 5.23. The van der Waals surface area contributed by atoms with Crippen LogP contribution in [0, 0.1) is 18.3 Å². The fourth-order valence-electron chi connectivity index (χ4n) is 1.56. The van der Waals surface area contributed by atoms with Gasteiger partial charge < -0.3 is 11.1 Å². The molecular weight excluding hydrogens is 214 g/mol. The van der Waals surface area contributed by atoms with Crippen LogP contribution in [0.5, 0.6) is 0 Å². The number of hydrogen-bond donors (Lipinski definition) is 3. The quantitative estimate of drug-likeness (QED) is 0.697. The van der Waals surface area contributed by atoms with Crippen LogP contribution in [0.15, 0.2) is 24.4 Å². The molecule has 5 nitrogen and oxygen atoms in total. The molecule has 0 bridgehead atoms. The van der Waals surface area contributed by atoms with Crippen LogP contribution in [0.4, 0.5) is 11.4 Å². The number of rotatable bonds is 3. The van der Waals surface area contributed by atoms with Crippen LogP contribution in [0.1, 0.15) is 16.8 Å². The first-order chi connectivity index (χ1) is 8.22. The van der Waals surface area contributed by atoms with Gasteiger partial charge in [0.25, 0.3) is 0 Å². The van der Waals surface area contributed by atoms with E-state index in [0.29, 0.717) is 17.8 Å². The van der Waals surface area contributed by atoms with Crippen molar-refractivity contribution in [3.63, 3.8) is 0 Å². The standard InChI is InChI=1S/C12H13N5/c1-8-10(7-16-17-8)6-15-11-4-2-3-9(5-13)12(11)14/h2-4,7,15H,6,14H2,1H3,(H,16,17). The van der Waals surface area contributed by atoms with E-state index in [9.17, 15) is 0 Å². The van der Waals surface area contributed by atoms with Gasteiger partial charge in [-0.3, -0.25) is 5.10 Å². The topological polar surface area (TPSA) is 90.5 Å². The molecule has 0 spiro atoms. The van der Waals surface area contributed by atoms with Gasteiger partial charge >= 0.3 is 0 Å². The minimum absolute atomic E-state index is 0.483. The summed E-state index contributed by atoms with van der Waals surface area (Å²) in [5, 5.41) is 18.9. The molecular formula is C12H13N5. The second-order valence-corrected chi connectivity index (χ2v) is 3.75. The number of para-hydroxylation sites is 1. The van der Waals surface area contributed by atoms with Gasteiger partial charge in [0.05, 0.1) is 23.1 Å². The van der Waals surface area contributed by atoms with Crippen molar-refractivity contribution in [2.75, 3.05) is 11.1 Å². The number of nitrogens with one attached hydrogen (secondary N) is 2. The summed E-state index contributed by atoms with van der Waals surface area (Å²) in [5.41, 5.74) is 9.70. The number of aryl methyl sites for hydroxylation is 1. The predicted octanol–water partition coefficient (Wildman–Crippen LogP) is 1.78. The molecule has 0 amide bonds. The number of aromatic nitrogens is 2. The number of benzene rings is 1. The molecule has 0 aliphatic carbocycles. The SMILES string of the molecule is Cc1[nH]ncc1CNc1cccc(C#N)c1N. The molecule has 1 aromatic heterocycles. The summed E-state index contributed by atoms with van der Waals surface area (Å²) in [6.07, 6.45) is 1.77. The average Bonchev–Trinajstić information content (AvgIpc) is 2.74. The normalized spacial score (nSPS) is 9.88. The number of H-pyrrole nitrogens is 1. The van der Waals surface area contributed by atoms with Gasteiger partial charge in [0, 0.05) is 17.8 Å². The van der Waals surface area contributed by atoms with Crippen molar-refractivity contribution in [3.05, 3.63) is 41.2 Å². The van der Waals surface area contributed by atoms with Gasteiger partial charge in [-0.05, 0) is 19.1 Å². The van der Waals surface area contributed by atoms with E-state index in [1.807, 2.05) is 13.0 Å². The summed E-state index contributed by atoms with van der Waals surface area (Å²) < 4.78 is 0. The van der Waals surface area contributed by atoms with Crippen molar-refractivity contribution in [1.82, 2.24) is 10.2 Å². The molecule has 86 valence electrons. The lowest BCUT2D eigenvalue weighted by atomic mass is 10.1. The van der Waals surface area contributed by atoms with Gasteiger partial charge in [-0.1, -0.05) is 6.07 Å². The highest BCUT2D eigenvalue weighted by molar-refractivity contribution is 5.72. The Morgan fingerprint density at radius 2 is 2.35 bits per heavy atom. The van der Waals surface area contributed by atoms with Crippen LogP contribution < -0.4 is 11.1 Å². The van der Waals surface area contributed by atoms with Crippen LogP contribution >= 0.6 is 0 Å². The number of nitrogens with zero attached hydrogens (tertiary/aromatic N) is 2. The third kappa shape index (κ3) is 2.21. The number of nitriles is 1. The molecule has 0 atom stereocenters. The van der Waals surface area contributed by atoms with Gasteiger partial charge in [0.2, 0.25) is 0 Å². The van der Waals surface area contributed by atoms with Crippen molar-refractivity contribution in [2.45, 2.75) is 13.5 Å². The molecule has 0 radical (unpaired) electrons. The Morgan fingerprint density at radius 3 is 3.00 bits per heavy atom. The van der Waals surface area contributed by atoms with E-state index in [-0.39, 0.29) is 0 Å². The van der Waals surface area contributed by atoms with E-state index >= 15 is 0 Å². The van der Waals surface area contributed by atoms with Crippen molar-refractivity contribution in [1.29, 1.82) is 5.26 Å². The molecule has 0 aliphatic rings. The third-order valence-electron chi connectivity index (χ3n) is 2.63. The maximum atomic E-state index is 8.87. The van der Waals surface area contributed by atoms with Crippen molar-refractivity contribution in [2.24, 2.45) is 0 Å².